The van der Waals surface area contributed by atoms with Gasteiger partial charge in [-0.05, 0) is 18.5 Å². The Morgan fingerprint density at radius 3 is 2.58 bits per heavy atom. The van der Waals surface area contributed by atoms with Crippen molar-refractivity contribution in [3.05, 3.63) is 10.1 Å². The number of nitro groups is 1. The molecule has 0 saturated carbocycles. The van der Waals surface area contributed by atoms with E-state index in [1.807, 2.05) is 0 Å². The van der Waals surface area contributed by atoms with Crippen LogP contribution in [0.2, 0.25) is 0 Å². The van der Waals surface area contributed by atoms with E-state index in [0.717, 1.165) is 0 Å². The van der Waals surface area contributed by atoms with Gasteiger partial charge in [-0.3, -0.25) is 10.1 Å². The highest BCUT2D eigenvalue weighted by Gasteiger charge is 2.50. The van der Waals surface area contributed by atoms with Crippen molar-refractivity contribution in [1.82, 2.24) is 0 Å². The third kappa shape index (κ3) is 2.05. The second kappa shape index (κ2) is 4.22. The molecule has 0 saturated heterocycles. The fourth-order valence-electron chi connectivity index (χ4n) is 0.438. The monoisotopic (exact) mass is 197 g/mol. The van der Waals surface area contributed by atoms with Gasteiger partial charge in [-0.25, -0.2) is 4.79 Å². The van der Waals surface area contributed by atoms with Crippen LogP contribution >= 0.6 is 11.6 Å². The maximum absolute atomic E-state index is 10.8. The number of carbonyl (C=O) groups is 1. The van der Waals surface area contributed by atoms with Crippen LogP contribution in [-0.4, -0.2) is 34.2 Å². The number of aliphatic hydroxyl groups excluding tert-OH is 1. The van der Waals surface area contributed by atoms with Crippen LogP contribution in [0, 0.1) is 10.1 Å². The number of ether oxygens (including phenoxy) is 1. The Hall–Kier alpha value is -0.880. The lowest BCUT2D eigenvalue weighted by atomic mass is 10.3. The van der Waals surface area contributed by atoms with Crippen molar-refractivity contribution in [2.45, 2.75) is 11.9 Å². The number of esters is 1. The highest BCUT2D eigenvalue weighted by molar-refractivity contribution is 6.32. The van der Waals surface area contributed by atoms with Crippen molar-refractivity contribution < 1.29 is 19.6 Å². The van der Waals surface area contributed by atoms with Crippen LogP contribution in [0.5, 0.6) is 0 Å². The van der Waals surface area contributed by atoms with Crippen LogP contribution in [-0.2, 0) is 9.53 Å². The second-order valence-electron chi connectivity index (χ2n) is 1.90. The first-order valence-corrected chi connectivity index (χ1v) is 3.48. The van der Waals surface area contributed by atoms with Crippen molar-refractivity contribution in [3.8, 4) is 0 Å². The van der Waals surface area contributed by atoms with Gasteiger partial charge >= 0.3 is 11.0 Å². The van der Waals surface area contributed by atoms with E-state index in [1.54, 1.807) is 0 Å². The zero-order valence-corrected chi connectivity index (χ0v) is 7.08. The van der Waals surface area contributed by atoms with E-state index < -0.39 is 22.5 Å². The summed E-state index contributed by atoms with van der Waals surface area (Å²) in [5.41, 5.74) is 0. The molecule has 1 unspecified atom stereocenters. The number of alkyl halides is 1. The third-order valence-electron chi connectivity index (χ3n) is 1.09. The molecule has 0 aromatic heterocycles. The van der Waals surface area contributed by atoms with Crippen molar-refractivity contribution in [2.24, 2.45) is 0 Å². The number of nitrogens with zero attached hydrogens (tertiary/aromatic N) is 1. The van der Waals surface area contributed by atoms with Crippen LogP contribution in [0.4, 0.5) is 0 Å². The van der Waals surface area contributed by atoms with Gasteiger partial charge in [0.25, 0.3) is 0 Å². The molecule has 0 aromatic rings. The Morgan fingerprint density at radius 1 is 1.83 bits per heavy atom. The van der Waals surface area contributed by atoms with E-state index >= 15 is 0 Å². The zero-order chi connectivity index (χ0) is 9.78. The summed E-state index contributed by atoms with van der Waals surface area (Å²) >= 11 is 5.16. The molecule has 0 rings (SSSR count). The molecule has 1 atom stereocenters. The first-order valence-electron chi connectivity index (χ1n) is 3.10. The smallest absolute Gasteiger partial charge is 0.412 e. The number of carbonyl (C=O) groups excluding carboxylic acids is 1. The molecule has 0 heterocycles. The fourth-order valence-corrected chi connectivity index (χ4v) is 0.493. The van der Waals surface area contributed by atoms with Gasteiger partial charge in [0.15, 0.2) is 0 Å². The molecule has 0 amide bonds. The lowest BCUT2D eigenvalue weighted by Gasteiger charge is -2.12. The van der Waals surface area contributed by atoms with E-state index in [1.165, 1.54) is 6.92 Å². The quantitative estimate of drug-likeness (QED) is 0.221. The van der Waals surface area contributed by atoms with Gasteiger partial charge < -0.3 is 9.84 Å². The number of hydrogen-bond donors (Lipinski definition) is 1. The molecule has 0 aromatic carbocycles. The molecule has 12 heavy (non-hydrogen) atoms. The molecule has 70 valence electrons. The summed E-state index contributed by atoms with van der Waals surface area (Å²) < 4.78 is 4.29. The fraction of sp³-hybridized carbons (Fsp3) is 0.800. The van der Waals surface area contributed by atoms with Crippen molar-refractivity contribution in [2.75, 3.05) is 13.2 Å². The molecular weight excluding hydrogens is 190 g/mol. The van der Waals surface area contributed by atoms with Gasteiger partial charge in [0.05, 0.1) is 11.5 Å². The van der Waals surface area contributed by atoms with E-state index in [9.17, 15) is 14.9 Å². The standard InChI is InChI=1S/C5H8ClNO5/c1-2-12-4(9)5(6,3-8)7(10)11/h8H,2-3H2,1H3. The summed E-state index contributed by atoms with van der Waals surface area (Å²) in [4.78, 5) is 17.3. The summed E-state index contributed by atoms with van der Waals surface area (Å²) in [5.74, 6) is -1.25. The predicted octanol–water partition coefficient (Wildman–Crippen LogP) is -0.246. The van der Waals surface area contributed by atoms with Gasteiger partial charge in [-0.2, -0.15) is 0 Å². The molecule has 0 fully saturated rings. The minimum absolute atomic E-state index is 0.0266. The van der Waals surface area contributed by atoms with Crippen molar-refractivity contribution in [1.29, 1.82) is 0 Å². The molecule has 0 aliphatic carbocycles. The van der Waals surface area contributed by atoms with Gasteiger partial charge in [0.1, 0.15) is 6.61 Å². The average molecular weight is 198 g/mol. The summed E-state index contributed by atoms with van der Waals surface area (Å²) in [6.45, 7) is 0.355. The van der Waals surface area contributed by atoms with Crippen molar-refractivity contribution in [3.63, 3.8) is 0 Å². The number of aliphatic hydroxyl groups is 1. The molecular formula is C5H8ClNO5. The Morgan fingerprint density at radius 2 is 2.33 bits per heavy atom. The summed E-state index contributed by atoms with van der Waals surface area (Å²) in [5, 5.41) is 18.7. The summed E-state index contributed by atoms with van der Waals surface area (Å²) in [6.07, 6.45) is 0. The zero-order valence-electron chi connectivity index (χ0n) is 6.32. The van der Waals surface area contributed by atoms with Crippen LogP contribution in [0.1, 0.15) is 6.92 Å². The highest BCUT2D eigenvalue weighted by atomic mass is 35.5. The predicted molar refractivity (Wildman–Crippen MR) is 39.3 cm³/mol. The molecule has 0 radical (unpaired) electrons. The Labute approximate surface area is 73.2 Å². The topological polar surface area (TPSA) is 89.7 Å². The first kappa shape index (κ1) is 11.1. The Bertz CT molecular complexity index is 196. The Kier molecular flexibility index (Phi) is 3.91. The summed E-state index contributed by atoms with van der Waals surface area (Å²) in [7, 11) is 0. The largest absolute Gasteiger partial charge is 0.460 e. The average Bonchev–Trinajstić information content (AvgIpc) is 2.03. The van der Waals surface area contributed by atoms with Crippen LogP contribution in [0.15, 0.2) is 0 Å². The maximum atomic E-state index is 10.8. The SMILES string of the molecule is CCOC(=O)C(Cl)(CO)[N+](=O)[O-]. The van der Waals surface area contributed by atoms with Gasteiger partial charge in [0.2, 0.25) is 0 Å². The Balaban J connectivity index is 4.52. The molecule has 1 N–H and O–H groups in total. The first-order chi connectivity index (χ1) is 5.49. The molecule has 0 bridgehead atoms. The molecule has 0 spiro atoms. The maximum Gasteiger partial charge on any atom is 0.412 e. The highest BCUT2D eigenvalue weighted by Crippen LogP contribution is 2.16. The summed E-state index contributed by atoms with van der Waals surface area (Å²) in [6, 6.07) is 0. The third-order valence-corrected chi connectivity index (χ3v) is 1.50. The van der Waals surface area contributed by atoms with Crippen LogP contribution in [0.25, 0.3) is 0 Å². The normalized spacial score (nSPS) is 14.9. The molecule has 6 nitrogen and oxygen atoms in total. The van der Waals surface area contributed by atoms with E-state index in [0.29, 0.717) is 0 Å². The molecule has 0 aliphatic heterocycles. The number of hydrogen-bond acceptors (Lipinski definition) is 5. The van der Waals surface area contributed by atoms with E-state index in [-0.39, 0.29) is 6.61 Å². The minimum Gasteiger partial charge on any atom is -0.460 e. The molecule has 0 aliphatic rings. The van der Waals surface area contributed by atoms with E-state index in [4.69, 9.17) is 16.7 Å². The lowest BCUT2D eigenvalue weighted by molar-refractivity contribution is -0.532. The minimum atomic E-state index is -2.56. The molecule has 7 heteroatoms. The number of halogens is 1. The van der Waals surface area contributed by atoms with Crippen molar-refractivity contribution >= 4 is 17.6 Å². The van der Waals surface area contributed by atoms with Crippen LogP contribution < -0.4 is 0 Å². The van der Waals surface area contributed by atoms with Gasteiger partial charge in [-0.15, -0.1) is 0 Å². The van der Waals surface area contributed by atoms with E-state index in [2.05, 4.69) is 4.74 Å². The number of rotatable bonds is 4. The lowest BCUT2D eigenvalue weighted by Crippen LogP contribution is -2.45. The van der Waals surface area contributed by atoms with Gasteiger partial charge in [0, 0.05) is 0 Å². The van der Waals surface area contributed by atoms with Crippen LogP contribution in [0.3, 0.4) is 0 Å². The second-order valence-corrected chi connectivity index (χ2v) is 2.52. The van der Waals surface area contributed by atoms with Gasteiger partial charge in [-0.1, -0.05) is 0 Å².